The fourth-order valence-corrected chi connectivity index (χ4v) is 3.78. The van der Waals surface area contributed by atoms with E-state index in [1.54, 1.807) is 11.3 Å². The van der Waals surface area contributed by atoms with Gasteiger partial charge in [0.15, 0.2) is 0 Å². The largest absolute Gasteiger partial charge is 0.468 e. The number of methoxy groups -OCH3 is 1. The number of ether oxygens (including phenoxy) is 1. The lowest BCUT2D eigenvalue weighted by molar-refractivity contribution is -0.140. The van der Waals surface area contributed by atoms with Crippen molar-refractivity contribution in [2.75, 3.05) is 7.11 Å². The van der Waals surface area contributed by atoms with Crippen molar-refractivity contribution in [1.82, 2.24) is 10.2 Å². The molecule has 0 aliphatic rings. The third-order valence-corrected chi connectivity index (χ3v) is 5.27. The third kappa shape index (κ3) is 3.46. The van der Waals surface area contributed by atoms with Crippen LogP contribution in [0.15, 0.2) is 51.4 Å². The van der Waals surface area contributed by atoms with Crippen LogP contribution in [0.4, 0.5) is 0 Å². The number of aryl methyl sites for hydroxylation is 1. The van der Waals surface area contributed by atoms with Crippen LogP contribution in [0.1, 0.15) is 16.4 Å². The van der Waals surface area contributed by atoms with Gasteiger partial charge in [0.05, 0.1) is 12.0 Å². The molecule has 0 saturated heterocycles. The highest BCUT2D eigenvalue weighted by Gasteiger charge is 2.26. The molecule has 3 aromatic rings. The molecular weight excluding hydrogens is 332 g/mol. The molecule has 0 unspecified atom stereocenters. The highest BCUT2D eigenvalue weighted by atomic mass is 32.2. The number of carbonyl (C=O) groups is 1. The molecule has 0 aliphatic heterocycles. The highest BCUT2D eigenvalue weighted by molar-refractivity contribution is 8.00. The van der Waals surface area contributed by atoms with Gasteiger partial charge in [-0.2, -0.15) is 0 Å². The molecule has 0 fully saturated rings. The van der Waals surface area contributed by atoms with Crippen LogP contribution < -0.4 is 0 Å². The van der Waals surface area contributed by atoms with Crippen LogP contribution in [0.5, 0.6) is 0 Å². The van der Waals surface area contributed by atoms with Gasteiger partial charge in [0.1, 0.15) is 5.25 Å². The summed E-state index contributed by atoms with van der Waals surface area (Å²) in [6, 6.07) is 11.4. The highest BCUT2D eigenvalue weighted by Crippen LogP contribution is 2.37. The Hall–Kier alpha value is -2.12. The Labute approximate surface area is 141 Å². The Balaban J connectivity index is 1.85. The van der Waals surface area contributed by atoms with Crippen molar-refractivity contribution < 1.29 is 13.9 Å². The van der Waals surface area contributed by atoms with E-state index in [1.165, 1.54) is 18.9 Å². The lowest BCUT2D eigenvalue weighted by Crippen LogP contribution is -2.11. The topological polar surface area (TPSA) is 65.2 Å². The second-order valence-electron chi connectivity index (χ2n) is 4.74. The van der Waals surface area contributed by atoms with Gasteiger partial charge in [-0.15, -0.1) is 21.5 Å². The average Bonchev–Trinajstić information content (AvgIpc) is 3.21. The maximum absolute atomic E-state index is 12.1. The quantitative estimate of drug-likeness (QED) is 0.511. The number of thioether (sulfide) groups is 1. The summed E-state index contributed by atoms with van der Waals surface area (Å²) < 4.78 is 10.6. The number of nitrogens with zero attached hydrogens (tertiary/aromatic N) is 2. The van der Waals surface area contributed by atoms with Gasteiger partial charge in [0.2, 0.25) is 0 Å². The van der Waals surface area contributed by atoms with Crippen molar-refractivity contribution in [3.8, 4) is 10.8 Å². The van der Waals surface area contributed by atoms with E-state index in [-0.39, 0.29) is 5.97 Å². The Morgan fingerprint density at radius 2 is 2.04 bits per heavy atom. The molecule has 1 aromatic carbocycles. The molecular formula is C16H14N2O3S2. The number of aromatic nitrogens is 2. The van der Waals surface area contributed by atoms with Crippen LogP contribution in [0.25, 0.3) is 10.8 Å². The molecule has 0 spiro atoms. The minimum absolute atomic E-state index is 0.340. The molecule has 0 N–H and O–H groups in total. The molecule has 2 aromatic heterocycles. The zero-order valence-electron chi connectivity index (χ0n) is 12.6. The standard InChI is InChI=1S/C16H14N2O3S2/c1-10-8-9-22-12(10)14-17-18-16(21-14)23-13(15(19)20-2)11-6-4-3-5-7-11/h3-9,13H,1-2H3/t13-/m0/s1. The smallest absolute Gasteiger partial charge is 0.323 e. The monoisotopic (exact) mass is 346 g/mol. The molecule has 0 radical (unpaired) electrons. The first-order valence-electron chi connectivity index (χ1n) is 6.86. The molecule has 0 saturated carbocycles. The first-order valence-corrected chi connectivity index (χ1v) is 8.62. The fourth-order valence-electron chi connectivity index (χ4n) is 2.03. The number of thiophene rings is 1. The van der Waals surface area contributed by atoms with Gasteiger partial charge in [-0.1, -0.05) is 30.3 Å². The van der Waals surface area contributed by atoms with Gasteiger partial charge < -0.3 is 9.15 Å². The molecule has 23 heavy (non-hydrogen) atoms. The van der Waals surface area contributed by atoms with Crippen LogP contribution in [-0.4, -0.2) is 23.3 Å². The second kappa shape index (κ2) is 6.97. The summed E-state index contributed by atoms with van der Waals surface area (Å²) in [5, 5.41) is 9.88. The van der Waals surface area contributed by atoms with Crippen LogP contribution in [0, 0.1) is 6.92 Å². The number of hydrogen-bond donors (Lipinski definition) is 0. The van der Waals surface area contributed by atoms with Crippen molar-refractivity contribution in [2.45, 2.75) is 17.4 Å². The van der Waals surface area contributed by atoms with Crippen LogP contribution >= 0.6 is 23.1 Å². The minimum atomic E-state index is -0.543. The van der Waals surface area contributed by atoms with Crippen molar-refractivity contribution in [1.29, 1.82) is 0 Å². The van der Waals surface area contributed by atoms with Gasteiger partial charge in [0.25, 0.3) is 11.1 Å². The summed E-state index contributed by atoms with van der Waals surface area (Å²) in [4.78, 5) is 13.0. The van der Waals surface area contributed by atoms with Crippen LogP contribution in [0.3, 0.4) is 0 Å². The van der Waals surface area contributed by atoms with Crippen LogP contribution in [0.2, 0.25) is 0 Å². The van der Waals surface area contributed by atoms with E-state index in [4.69, 9.17) is 9.15 Å². The zero-order valence-corrected chi connectivity index (χ0v) is 14.2. The molecule has 0 aliphatic carbocycles. The number of rotatable bonds is 5. The summed E-state index contributed by atoms with van der Waals surface area (Å²) in [6.07, 6.45) is 0. The Morgan fingerprint density at radius 1 is 1.26 bits per heavy atom. The van der Waals surface area contributed by atoms with E-state index >= 15 is 0 Å². The first kappa shape index (κ1) is 15.8. The predicted octanol–water partition coefficient (Wildman–Crippen LogP) is 4.11. The van der Waals surface area contributed by atoms with Gasteiger partial charge in [-0.25, -0.2) is 0 Å². The van der Waals surface area contributed by atoms with Gasteiger partial charge in [-0.3, -0.25) is 4.79 Å². The number of esters is 1. The predicted molar refractivity (Wildman–Crippen MR) is 89.4 cm³/mol. The van der Waals surface area contributed by atoms with Crippen LogP contribution in [-0.2, 0) is 9.53 Å². The second-order valence-corrected chi connectivity index (χ2v) is 6.71. The molecule has 5 nitrogen and oxygen atoms in total. The summed E-state index contributed by atoms with van der Waals surface area (Å²) in [6.45, 7) is 1.99. The summed E-state index contributed by atoms with van der Waals surface area (Å²) in [5.74, 6) is 0.116. The first-order chi connectivity index (χ1) is 11.2. The van der Waals surface area contributed by atoms with Gasteiger partial charge >= 0.3 is 5.97 Å². The maximum Gasteiger partial charge on any atom is 0.323 e. The number of carbonyl (C=O) groups excluding carboxylic acids is 1. The Bertz CT molecular complexity index is 799. The number of hydrogen-bond acceptors (Lipinski definition) is 7. The summed E-state index contributed by atoms with van der Waals surface area (Å²) in [5.41, 5.74) is 1.92. The molecule has 3 rings (SSSR count). The fraction of sp³-hybridized carbons (Fsp3) is 0.188. The molecule has 1 atom stereocenters. The zero-order chi connectivity index (χ0) is 16.2. The molecule has 7 heteroatoms. The van der Waals surface area contributed by atoms with E-state index in [0.29, 0.717) is 11.1 Å². The van der Waals surface area contributed by atoms with E-state index < -0.39 is 5.25 Å². The van der Waals surface area contributed by atoms with E-state index in [1.807, 2.05) is 48.7 Å². The Kier molecular flexibility index (Phi) is 4.78. The molecule has 0 amide bonds. The third-order valence-electron chi connectivity index (χ3n) is 3.20. The van der Waals surface area contributed by atoms with Crippen molar-refractivity contribution in [2.24, 2.45) is 0 Å². The van der Waals surface area contributed by atoms with Gasteiger partial charge in [-0.05, 0) is 41.3 Å². The normalized spacial score (nSPS) is 12.1. The van der Waals surface area contributed by atoms with Crippen molar-refractivity contribution in [3.05, 3.63) is 52.9 Å². The average molecular weight is 346 g/mol. The van der Waals surface area contributed by atoms with Crippen molar-refractivity contribution in [3.63, 3.8) is 0 Å². The lowest BCUT2D eigenvalue weighted by atomic mass is 10.1. The summed E-state index contributed by atoms with van der Waals surface area (Å²) in [7, 11) is 1.37. The summed E-state index contributed by atoms with van der Waals surface area (Å²) >= 11 is 2.73. The van der Waals surface area contributed by atoms with Crippen molar-refractivity contribution >= 4 is 29.1 Å². The number of benzene rings is 1. The SMILES string of the molecule is COC(=O)[C@@H](Sc1nnc(-c2sccc2C)o1)c1ccccc1. The van der Waals surface area contributed by atoms with E-state index in [9.17, 15) is 4.79 Å². The Morgan fingerprint density at radius 3 is 2.70 bits per heavy atom. The molecule has 118 valence electrons. The minimum Gasteiger partial charge on any atom is -0.468 e. The van der Waals surface area contributed by atoms with Gasteiger partial charge in [0, 0.05) is 0 Å². The molecule has 0 bridgehead atoms. The maximum atomic E-state index is 12.1. The lowest BCUT2D eigenvalue weighted by Gasteiger charge is -2.11. The molecule has 2 heterocycles. The van der Waals surface area contributed by atoms with E-state index in [2.05, 4.69) is 10.2 Å². The van der Waals surface area contributed by atoms with E-state index in [0.717, 1.165) is 16.0 Å².